The van der Waals surface area contributed by atoms with Gasteiger partial charge in [0.05, 0.1) is 13.2 Å². The number of hydrogen-bond donors (Lipinski definition) is 3. The number of alkyl halides is 3. The summed E-state index contributed by atoms with van der Waals surface area (Å²) in [4.78, 5) is 8.63. The number of nitrogens with one attached hydrogen (secondary N) is 1. The molecule has 0 fully saturated rings. The van der Waals surface area contributed by atoms with Gasteiger partial charge in [0.25, 0.3) is 5.89 Å². The van der Waals surface area contributed by atoms with Gasteiger partial charge in [0.1, 0.15) is 17.8 Å². The number of aliphatic hydroxyl groups is 2. The van der Waals surface area contributed by atoms with E-state index in [1.165, 1.54) is 12.1 Å². The first kappa shape index (κ1) is 26.3. The summed E-state index contributed by atoms with van der Waals surface area (Å²) in [6, 6.07) is 12.4. The Morgan fingerprint density at radius 3 is 2.49 bits per heavy atom. The van der Waals surface area contributed by atoms with E-state index >= 15 is 0 Å². The lowest BCUT2D eigenvalue weighted by molar-refractivity contribution is -0.274. The molecule has 1 atom stereocenters. The van der Waals surface area contributed by atoms with Crippen molar-refractivity contribution >= 4 is 0 Å². The lowest BCUT2D eigenvalue weighted by atomic mass is 10.0. The molecule has 4 rings (SSSR count). The van der Waals surface area contributed by atoms with E-state index in [2.05, 4.69) is 30.3 Å². The van der Waals surface area contributed by atoms with E-state index in [1.807, 2.05) is 18.2 Å². The SMILES string of the molecule is Cc1nc(-c2nc(-c3ccc(OC(F)(F)F)cc3)no2)nn1Cc1cccc(C(O)NC(C)(C)CO)c1. The summed E-state index contributed by atoms with van der Waals surface area (Å²) in [7, 11) is 0. The number of ether oxygens (including phenoxy) is 1. The van der Waals surface area contributed by atoms with Gasteiger partial charge >= 0.3 is 6.36 Å². The molecular weight excluding hydrogens is 493 g/mol. The lowest BCUT2D eigenvalue weighted by Gasteiger charge is -2.27. The van der Waals surface area contributed by atoms with Crippen molar-refractivity contribution in [2.75, 3.05) is 6.61 Å². The normalized spacial score (nSPS) is 13.1. The van der Waals surface area contributed by atoms with Gasteiger partial charge in [-0.25, -0.2) is 9.67 Å². The maximum atomic E-state index is 12.4. The molecule has 1 unspecified atom stereocenters. The van der Waals surface area contributed by atoms with E-state index in [9.17, 15) is 23.4 Å². The summed E-state index contributed by atoms with van der Waals surface area (Å²) < 4.78 is 47.8. The van der Waals surface area contributed by atoms with Crippen LogP contribution in [0.5, 0.6) is 5.75 Å². The predicted molar refractivity (Wildman–Crippen MR) is 125 cm³/mol. The first-order valence-corrected chi connectivity index (χ1v) is 11.2. The largest absolute Gasteiger partial charge is 0.573 e. The van der Waals surface area contributed by atoms with Crippen LogP contribution >= 0.6 is 0 Å². The molecule has 37 heavy (non-hydrogen) atoms. The Kier molecular flexibility index (Phi) is 7.30. The van der Waals surface area contributed by atoms with Gasteiger partial charge in [-0.3, -0.25) is 5.32 Å². The molecule has 0 amide bonds. The van der Waals surface area contributed by atoms with Gasteiger partial charge in [0.2, 0.25) is 11.6 Å². The van der Waals surface area contributed by atoms with Gasteiger partial charge in [-0.05, 0) is 62.2 Å². The number of nitrogens with zero attached hydrogens (tertiary/aromatic N) is 5. The summed E-state index contributed by atoms with van der Waals surface area (Å²) in [5.74, 6) is 0.611. The number of hydrogen-bond acceptors (Lipinski definition) is 9. The van der Waals surface area contributed by atoms with E-state index in [-0.39, 0.29) is 29.9 Å². The molecular formula is C24H25F3N6O4. The van der Waals surface area contributed by atoms with Crippen LogP contribution in [0.3, 0.4) is 0 Å². The molecule has 2 aromatic carbocycles. The molecule has 4 aromatic rings. The third-order valence-corrected chi connectivity index (χ3v) is 5.34. The Morgan fingerprint density at radius 1 is 1.08 bits per heavy atom. The zero-order valence-corrected chi connectivity index (χ0v) is 20.2. The van der Waals surface area contributed by atoms with Crippen molar-refractivity contribution in [2.45, 2.75) is 45.4 Å². The van der Waals surface area contributed by atoms with Crippen molar-refractivity contribution in [1.82, 2.24) is 30.2 Å². The zero-order chi connectivity index (χ0) is 26.8. The second-order valence-corrected chi connectivity index (χ2v) is 8.97. The van der Waals surface area contributed by atoms with Crippen LogP contribution in [0.2, 0.25) is 0 Å². The third kappa shape index (κ3) is 6.70. The minimum atomic E-state index is -4.78. The van der Waals surface area contributed by atoms with Crippen molar-refractivity contribution < 1.29 is 32.6 Å². The summed E-state index contributed by atoms with van der Waals surface area (Å²) >= 11 is 0. The summed E-state index contributed by atoms with van der Waals surface area (Å²) in [6.07, 6.45) is -5.75. The monoisotopic (exact) mass is 518 g/mol. The van der Waals surface area contributed by atoms with E-state index in [4.69, 9.17) is 4.52 Å². The second-order valence-electron chi connectivity index (χ2n) is 8.97. The standard InChI is InChI=1S/C24H25F3N6O4/c1-14-28-20(22-29-19(32-37-22)16-7-9-18(10-8-16)36-24(25,26)27)31-33(14)12-15-5-4-6-17(11-15)21(35)30-23(2,3)13-34/h4-11,21,30,34-35H,12-13H2,1-3H3. The molecule has 0 spiro atoms. The first-order chi connectivity index (χ1) is 17.4. The molecule has 0 radical (unpaired) electrons. The Bertz CT molecular complexity index is 1350. The van der Waals surface area contributed by atoms with Gasteiger partial charge < -0.3 is 19.5 Å². The molecule has 196 valence electrons. The van der Waals surface area contributed by atoms with Crippen LogP contribution in [0, 0.1) is 6.92 Å². The minimum absolute atomic E-state index is 0.0482. The van der Waals surface area contributed by atoms with Gasteiger partial charge in [-0.1, -0.05) is 23.4 Å². The highest BCUT2D eigenvalue weighted by Gasteiger charge is 2.31. The average molecular weight is 518 g/mol. The molecule has 3 N–H and O–H groups in total. The molecule has 2 aromatic heterocycles. The fourth-order valence-electron chi connectivity index (χ4n) is 3.43. The van der Waals surface area contributed by atoms with Crippen molar-refractivity contribution in [1.29, 1.82) is 0 Å². The fraction of sp³-hybridized carbons (Fsp3) is 0.333. The summed E-state index contributed by atoms with van der Waals surface area (Å²) in [6.45, 7) is 5.53. The second kappa shape index (κ2) is 10.3. The van der Waals surface area contributed by atoms with E-state index in [1.54, 1.807) is 31.5 Å². The van der Waals surface area contributed by atoms with Crippen LogP contribution in [-0.4, -0.2) is 53.6 Å². The molecule has 0 saturated carbocycles. The highest BCUT2D eigenvalue weighted by atomic mass is 19.4. The Labute approximate surface area is 209 Å². The zero-order valence-electron chi connectivity index (χ0n) is 20.2. The van der Waals surface area contributed by atoms with Crippen molar-refractivity contribution in [3.63, 3.8) is 0 Å². The Hall–Kier alpha value is -3.81. The highest BCUT2D eigenvalue weighted by molar-refractivity contribution is 5.57. The molecule has 0 saturated heterocycles. The van der Waals surface area contributed by atoms with Crippen molar-refractivity contribution in [3.05, 3.63) is 65.5 Å². The van der Waals surface area contributed by atoms with Gasteiger partial charge in [-0.2, -0.15) is 4.98 Å². The van der Waals surface area contributed by atoms with Crippen LogP contribution in [0.4, 0.5) is 13.2 Å². The van der Waals surface area contributed by atoms with Crippen LogP contribution in [0.15, 0.2) is 53.1 Å². The molecule has 10 nitrogen and oxygen atoms in total. The molecule has 13 heteroatoms. The molecule has 0 bridgehead atoms. The summed E-state index contributed by atoms with van der Waals surface area (Å²) in [5, 5.41) is 31.2. The van der Waals surface area contributed by atoms with Gasteiger partial charge in [0, 0.05) is 11.1 Å². The predicted octanol–water partition coefficient (Wildman–Crippen LogP) is 3.60. The first-order valence-electron chi connectivity index (χ1n) is 11.2. The number of rotatable bonds is 9. The van der Waals surface area contributed by atoms with Crippen molar-refractivity contribution in [3.8, 4) is 28.9 Å². The maximum Gasteiger partial charge on any atom is 0.573 e. The van der Waals surface area contributed by atoms with E-state index in [0.717, 1.165) is 17.7 Å². The maximum absolute atomic E-state index is 12.4. The van der Waals surface area contributed by atoms with Crippen LogP contribution < -0.4 is 10.1 Å². The molecule has 0 aliphatic rings. The fourth-order valence-corrected chi connectivity index (χ4v) is 3.43. The van der Waals surface area contributed by atoms with Crippen LogP contribution in [0.1, 0.15) is 37.0 Å². The molecule has 0 aliphatic carbocycles. The number of aliphatic hydroxyl groups excluding tert-OH is 2. The number of aromatic nitrogens is 5. The number of aryl methyl sites for hydroxylation is 1. The van der Waals surface area contributed by atoms with Crippen LogP contribution in [0.25, 0.3) is 23.1 Å². The quantitative estimate of drug-likeness (QED) is 0.284. The van der Waals surface area contributed by atoms with E-state index in [0.29, 0.717) is 23.5 Å². The van der Waals surface area contributed by atoms with Crippen LogP contribution in [-0.2, 0) is 6.54 Å². The van der Waals surface area contributed by atoms with E-state index < -0.39 is 18.1 Å². The molecule has 0 aliphatic heterocycles. The third-order valence-electron chi connectivity index (χ3n) is 5.34. The highest BCUT2D eigenvalue weighted by Crippen LogP contribution is 2.26. The number of benzene rings is 2. The lowest BCUT2D eigenvalue weighted by Crippen LogP contribution is -2.44. The van der Waals surface area contributed by atoms with Gasteiger partial charge in [0.15, 0.2) is 0 Å². The Morgan fingerprint density at radius 2 is 1.81 bits per heavy atom. The Balaban J connectivity index is 1.48. The average Bonchev–Trinajstić information content (AvgIpc) is 3.46. The van der Waals surface area contributed by atoms with Crippen molar-refractivity contribution in [2.24, 2.45) is 0 Å². The number of halogens is 3. The topological polar surface area (TPSA) is 131 Å². The minimum Gasteiger partial charge on any atom is -0.406 e. The smallest absolute Gasteiger partial charge is 0.406 e. The molecule has 2 heterocycles. The van der Waals surface area contributed by atoms with Gasteiger partial charge in [-0.15, -0.1) is 18.3 Å². The summed E-state index contributed by atoms with van der Waals surface area (Å²) in [5.41, 5.74) is 1.25.